The molecule has 0 aromatic heterocycles. The predicted octanol–water partition coefficient (Wildman–Crippen LogP) is 4.24. The number of aryl methyl sites for hydroxylation is 1. The molecular formula is C23H18O5S. The maximum Gasteiger partial charge on any atom is 0.203 e. The molecule has 0 saturated carbocycles. The van der Waals surface area contributed by atoms with E-state index in [4.69, 9.17) is 9.47 Å². The Labute approximate surface area is 170 Å². The van der Waals surface area contributed by atoms with Crippen LogP contribution in [-0.4, -0.2) is 30.0 Å². The number of Topliss-reactive ketones (excluding diaryl/α,β-unsaturated/α-hetero) is 1. The highest BCUT2D eigenvalue weighted by Crippen LogP contribution is 2.37. The summed E-state index contributed by atoms with van der Waals surface area (Å²) in [7, 11) is 1.28. The second-order valence-electron chi connectivity index (χ2n) is 6.70. The van der Waals surface area contributed by atoms with Crippen molar-refractivity contribution in [2.24, 2.45) is 0 Å². The highest BCUT2D eigenvalue weighted by molar-refractivity contribution is 7.90. The Bertz CT molecular complexity index is 1220. The van der Waals surface area contributed by atoms with E-state index in [1.807, 2.05) is 19.1 Å². The van der Waals surface area contributed by atoms with Gasteiger partial charge in [0.1, 0.15) is 0 Å². The van der Waals surface area contributed by atoms with Crippen LogP contribution in [0.4, 0.5) is 0 Å². The molecule has 0 aliphatic heterocycles. The first-order chi connectivity index (χ1) is 13.9. The molecule has 3 aromatic carbocycles. The molecular weight excluding hydrogens is 388 g/mol. The molecule has 0 fully saturated rings. The van der Waals surface area contributed by atoms with E-state index in [0.717, 1.165) is 10.9 Å². The van der Waals surface area contributed by atoms with Crippen LogP contribution in [0.3, 0.4) is 0 Å². The average Bonchev–Trinajstić information content (AvgIpc) is 2.74. The van der Waals surface area contributed by atoms with Crippen molar-refractivity contribution in [2.45, 2.75) is 11.8 Å². The Morgan fingerprint density at radius 3 is 2.17 bits per heavy atom. The summed E-state index contributed by atoms with van der Waals surface area (Å²) in [5.74, 6) is 0.209. The zero-order valence-corrected chi connectivity index (χ0v) is 17.0. The molecule has 6 heteroatoms. The van der Waals surface area contributed by atoms with Gasteiger partial charge in [-0.25, -0.2) is 4.21 Å². The number of methoxy groups -OCH3 is 2. The van der Waals surface area contributed by atoms with Crippen molar-refractivity contribution >= 4 is 33.1 Å². The number of ether oxygens (including phenoxy) is 2. The predicted molar refractivity (Wildman–Crippen MR) is 111 cm³/mol. The normalized spacial score (nSPS) is 14.4. The topological polar surface area (TPSA) is 69.7 Å². The molecule has 0 bridgehead atoms. The highest BCUT2D eigenvalue weighted by Gasteiger charge is 2.31. The van der Waals surface area contributed by atoms with Crippen LogP contribution in [0.2, 0.25) is 0 Å². The summed E-state index contributed by atoms with van der Waals surface area (Å²) in [5, 5.41) is 1.29. The number of hydrogen-bond donors (Lipinski definition) is 0. The van der Waals surface area contributed by atoms with Crippen LogP contribution in [0, 0.1) is 6.92 Å². The van der Waals surface area contributed by atoms with Crippen LogP contribution in [-0.2, 0) is 10.8 Å². The Hall–Kier alpha value is -3.25. The fourth-order valence-electron chi connectivity index (χ4n) is 3.41. The van der Waals surface area contributed by atoms with Crippen LogP contribution in [0.5, 0.6) is 11.5 Å². The molecule has 4 rings (SSSR count). The quantitative estimate of drug-likeness (QED) is 0.648. The number of ketones is 2. The second-order valence-corrected chi connectivity index (χ2v) is 8.15. The zero-order valence-electron chi connectivity index (χ0n) is 16.1. The van der Waals surface area contributed by atoms with Crippen LogP contribution >= 0.6 is 0 Å². The van der Waals surface area contributed by atoms with Crippen molar-refractivity contribution in [3.63, 3.8) is 0 Å². The van der Waals surface area contributed by atoms with E-state index in [2.05, 4.69) is 0 Å². The molecule has 0 radical (unpaired) electrons. The van der Waals surface area contributed by atoms with Crippen LogP contribution in [0.1, 0.15) is 26.3 Å². The Morgan fingerprint density at radius 2 is 1.52 bits per heavy atom. The SMILES string of the molecule is COc1cc2ccc3c(c2cc1OC)C(=O)C(S(=O)c1ccc(C)cc1)=CC3=O. The van der Waals surface area contributed by atoms with E-state index in [-0.39, 0.29) is 16.3 Å². The van der Waals surface area contributed by atoms with E-state index >= 15 is 0 Å². The van der Waals surface area contributed by atoms with Gasteiger partial charge in [-0.2, -0.15) is 0 Å². The summed E-state index contributed by atoms with van der Waals surface area (Å²) in [5.41, 5.74) is 1.55. The van der Waals surface area contributed by atoms with E-state index in [0.29, 0.717) is 27.3 Å². The highest BCUT2D eigenvalue weighted by atomic mass is 32.2. The molecule has 1 atom stereocenters. The lowest BCUT2D eigenvalue weighted by Crippen LogP contribution is -2.20. The first-order valence-corrected chi connectivity index (χ1v) is 10.1. The molecule has 29 heavy (non-hydrogen) atoms. The number of benzene rings is 3. The minimum atomic E-state index is -1.76. The zero-order chi connectivity index (χ0) is 20.7. The Kier molecular flexibility index (Phi) is 4.80. The monoisotopic (exact) mass is 406 g/mol. The summed E-state index contributed by atoms with van der Waals surface area (Å²) >= 11 is 0. The minimum absolute atomic E-state index is 0.0198. The molecule has 1 aliphatic carbocycles. The molecule has 1 aliphatic rings. The van der Waals surface area contributed by atoms with Crippen molar-refractivity contribution in [3.05, 3.63) is 76.2 Å². The minimum Gasteiger partial charge on any atom is -0.493 e. The third-order valence-corrected chi connectivity index (χ3v) is 6.34. The number of carbonyl (C=O) groups excluding carboxylic acids is 2. The van der Waals surface area contributed by atoms with Gasteiger partial charge in [-0.1, -0.05) is 23.8 Å². The van der Waals surface area contributed by atoms with Crippen molar-refractivity contribution in [1.29, 1.82) is 0 Å². The molecule has 0 spiro atoms. The fourth-order valence-corrected chi connectivity index (χ4v) is 4.53. The largest absolute Gasteiger partial charge is 0.493 e. The summed E-state index contributed by atoms with van der Waals surface area (Å²) in [4.78, 5) is 26.5. The summed E-state index contributed by atoms with van der Waals surface area (Å²) in [6, 6.07) is 13.9. The molecule has 146 valence electrons. The second kappa shape index (κ2) is 7.29. The van der Waals surface area contributed by atoms with Gasteiger partial charge in [0, 0.05) is 22.1 Å². The van der Waals surface area contributed by atoms with Crippen LogP contribution < -0.4 is 9.47 Å². The number of rotatable bonds is 4. The van der Waals surface area contributed by atoms with Gasteiger partial charge in [-0.3, -0.25) is 9.59 Å². The third-order valence-electron chi connectivity index (χ3n) is 4.94. The molecule has 0 heterocycles. The van der Waals surface area contributed by atoms with Crippen molar-refractivity contribution in [2.75, 3.05) is 14.2 Å². The van der Waals surface area contributed by atoms with Crippen molar-refractivity contribution in [1.82, 2.24) is 0 Å². The number of hydrogen-bond acceptors (Lipinski definition) is 5. The van der Waals surface area contributed by atoms with Crippen molar-refractivity contribution < 1.29 is 23.3 Å². The molecule has 1 unspecified atom stereocenters. The number of allylic oxidation sites excluding steroid dienone is 2. The van der Waals surface area contributed by atoms with Gasteiger partial charge >= 0.3 is 0 Å². The lowest BCUT2D eigenvalue weighted by atomic mass is 9.89. The first kappa shape index (κ1) is 19.1. The average molecular weight is 406 g/mol. The molecule has 5 nitrogen and oxygen atoms in total. The molecule has 3 aromatic rings. The Balaban J connectivity index is 1.89. The summed E-state index contributed by atoms with van der Waals surface area (Å²) in [6.45, 7) is 1.92. The van der Waals surface area contributed by atoms with Gasteiger partial charge in [-0.15, -0.1) is 0 Å². The summed E-state index contributed by atoms with van der Waals surface area (Å²) in [6.07, 6.45) is 1.19. The van der Waals surface area contributed by atoms with Gasteiger partial charge < -0.3 is 9.47 Å². The maximum absolute atomic E-state index is 13.3. The lowest BCUT2D eigenvalue weighted by Gasteiger charge is -2.18. The van der Waals surface area contributed by atoms with Gasteiger partial charge in [0.25, 0.3) is 0 Å². The van der Waals surface area contributed by atoms with Gasteiger partial charge in [-0.05, 0) is 48.0 Å². The van der Waals surface area contributed by atoms with Gasteiger partial charge in [0.2, 0.25) is 5.78 Å². The van der Waals surface area contributed by atoms with E-state index in [9.17, 15) is 13.8 Å². The van der Waals surface area contributed by atoms with Crippen molar-refractivity contribution in [3.8, 4) is 11.5 Å². The molecule has 0 amide bonds. The van der Waals surface area contributed by atoms with Crippen LogP contribution in [0.25, 0.3) is 10.8 Å². The fraction of sp³-hybridized carbons (Fsp3) is 0.130. The van der Waals surface area contributed by atoms with Gasteiger partial charge in [0.15, 0.2) is 17.3 Å². The van der Waals surface area contributed by atoms with Gasteiger partial charge in [0.05, 0.1) is 29.9 Å². The maximum atomic E-state index is 13.3. The smallest absolute Gasteiger partial charge is 0.203 e. The molecule has 0 saturated heterocycles. The molecule has 0 N–H and O–H groups in total. The number of carbonyl (C=O) groups is 2. The van der Waals surface area contributed by atoms with E-state index in [1.54, 1.807) is 36.4 Å². The van der Waals surface area contributed by atoms with E-state index in [1.165, 1.54) is 20.3 Å². The van der Waals surface area contributed by atoms with E-state index < -0.39 is 16.6 Å². The first-order valence-electron chi connectivity index (χ1n) is 8.92. The summed E-state index contributed by atoms with van der Waals surface area (Å²) < 4.78 is 23.7. The lowest BCUT2D eigenvalue weighted by molar-refractivity contribution is 0.0992. The number of fused-ring (bicyclic) bond motifs is 3. The Morgan fingerprint density at radius 1 is 0.862 bits per heavy atom. The standard InChI is InChI=1S/C23H18O5S/c1-13-4-7-15(8-5-13)29(26)21-12-18(24)16-9-6-14-10-19(27-2)20(28-3)11-17(14)22(16)23(21)25/h4-12H,1-3H3. The van der Waals surface area contributed by atoms with Crippen LogP contribution in [0.15, 0.2) is 64.4 Å². The third kappa shape index (κ3) is 3.15.